The van der Waals surface area contributed by atoms with Gasteiger partial charge in [-0.25, -0.2) is 9.20 Å². The molecule has 8 nitrogen and oxygen atoms in total. The number of alkyl halides is 3. The van der Waals surface area contributed by atoms with Crippen molar-refractivity contribution >= 4 is 27.9 Å². The van der Waals surface area contributed by atoms with E-state index in [1.807, 2.05) is 0 Å². The monoisotopic (exact) mass is 430 g/mol. The van der Waals surface area contributed by atoms with E-state index in [-0.39, 0.29) is 16.7 Å². The summed E-state index contributed by atoms with van der Waals surface area (Å²) in [5.74, 6) is -0.786. The van der Waals surface area contributed by atoms with Crippen molar-refractivity contribution in [3.63, 3.8) is 0 Å². The number of halogens is 3. The first-order valence-electron chi connectivity index (χ1n) is 9.35. The van der Waals surface area contributed by atoms with Gasteiger partial charge in [0.05, 0.1) is 40.2 Å². The summed E-state index contributed by atoms with van der Waals surface area (Å²) >= 11 is 0. The maximum Gasteiger partial charge on any atom is 0.416 e. The van der Waals surface area contributed by atoms with Crippen LogP contribution >= 0.6 is 0 Å². The largest absolute Gasteiger partial charge is 0.416 e. The summed E-state index contributed by atoms with van der Waals surface area (Å²) in [7, 11) is 0. The minimum Gasteiger partial charge on any atom is -0.323 e. The Hall–Kier alpha value is -3.76. The van der Waals surface area contributed by atoms with Crippen LogP contribution < -0.4 is 10.9 Å². The highest BCUT2D eigenvalue weighted by molar-refractivity contribution is 5.91. The van der Waals surface area contributed by atoms with Gasteiger partial charge in [0.2, 0.25) is 5.91 Å². The predicted molar refractivity (Wildman–Crippen MR) is 107 cm³/mol. The SMILES string of the molecule is CC(C)c1nn(CC(=O)Nc2ccc3cnnn3c2)c(=O)c2ccc(C(F)(F)F)cc12. The van der Waals surface area contributed by atoms with Gasteiger partial charge in [-0.1, -0.05) is 19.1 Å². The molecule has 0 radical (unpaired) electrons. The van der Waals surface area contributed by atoms with Crippen LogP contribution in [0.5, 0.6) is 0 Å². The lowest BCUT2D eigenvalue weighted by atomic mass is 10.0. The molecule has 0 spiro atoms. The van der Waals surface area contributed by atoms with Gasteiger partial charge in [-0.05, 0) is 36.2 Å². The molecule has 0 aliphatic rings. The molecule has 11 heteroatoms. The number of carbonyl (C=O) groups excluding carboxylic acids is 1. The number of aromatic nitrogens is 5. The topological polar surface area (TPSA) is 94.2 Å². The van der Waals surface area contributed by atoms with Crippen molar-refractivity contribution in [3.05, 3.63) is 64.3 Å². The molecule has 0 bridgehead atoms. The van der Waals surface area contributed by atoms with E-state index in [0.717, 1.165) is 28.4 Å². The van der Waals surface area contributed by atoms with Crippen molar-refractivity contribution in [2.75, 3.05) is 5.32 Å². The van der Waals surface area contributed by atoms with Gasteiger partial charge in [-0.3, -0.25) is 9.59 Å². The van der Waals surface area contributed by atoms with Gasteiger partial charge >= 0.3 is 6.18 Å². The zero-order valence-corrected chi connectivity index (χ0v) is 16.5. The van der Waals surface area contributed by atoms with Crippen LogP contribution in [0.4, 0.5) is 18.9 Å². The van der Waals surface area contributed by atoms with Crippen LogP contribution in [0, 0.1) is 0 Å². The molecule has 1 amide bonds. The molecule has 3 aromatic heterocycles. The Balaban J connectivity index is 1.68. The third-order valence-corrected chi connectivity index (χ3v) is 4.74. The Morgan fingerprint density at radius 3 is 2.65 bits per heavy atom. The predicted octanol–water partition coefficient (Wildman–Crippen LogP) is 3.22. The molecule has 0 aliphatic carbocycles. The average Bonchev–Trinajstić information content (AvgIpc) is 3.16. The number of hydrogen-bond acceptors (Lipinski definition) is 5. The van der Waals surface area contributed by atoms with Gasteiger partial charge in [0.25, 0.3) is 5.56 Å². The number of anilines is 1. The summed E-state index contributed by atoms with van der Waals surface area (Å²) in [5, 5.41) is 14.6. The van der Waals surface area contributed by atoms with E-state index in [1.54, 1.807) is 38.4 Å². The van der Waals surface area contributed by atoms with E-state index in [9.17, 15) is 22.8 Å². The number of nitrogens with zero attached hydrogens (tertiary/aromatic N) is 5. The van der Waals surface area contributed by atoms with Gasteiger partial charge < -0.3 is 5.32 Å². The summed E-state index contributed by atoms with van der Waals surface area (Å²) < 4.78 is 41.8. The van der Waals surface area contributed by atoms with E-state index in [2.05, 4.69) is 20.7 Å². The van der Waals surface area contributed by atoms with Gasteiger partial charge in [0.1, 0.15) is 6.54 Å². The summed E-state index contributed by atoms with van der Waals surface area (Å²) in [6.07, 6.45) is -1.42. The van der Waals surface area contributed by atoms with Crippen LogP contribution in [0.1, 0.15) is 31.0 Å². The van der Waals surface area contributed by atoms with Gasteiger partial charge in [-0.15, -0.1) is 5.10 Å². The normalized spacial score (nSPS) is 12.1. The highest BCUT2D eigenvalue weighted by Gasteiger charge is 2.31. The number of rotatable bonds is 4. The molecule has 3 heterocycles. The van der Waals surface area contributed by atoms with Gasteiger partial charge in [-0.2, -0.15) is 18.3 Å². The van der Waals surface area contributed by atoms with E-state index >= 15 is 0 Å². The molecule has 31 heavy (non-hydrogen) atoms. The molecule has 0 saturated heterocycles. The third kappa shape index (κ3) is 3.98. The second-order valence-corrected chi connectivity index (χ2v) is 7.33. The molecule has 0 fully saturated rings. The Bertz CT molecular complexity index is 1360. The standard InChI is InChI=1S/C20H17F3N6O2/c1-11(2)18-16-7-12(20(21,22)23)3-6-15(16)19(31)29(26-18)10-17(30)25-13-4-5-14-8-24-27-28(14)9-13/h3-9,11H,10H2,1-2H3,(H,25,30). The summed E-state index contributed by atoms with van der Waals surface area (Å²) in [6, 6.07) is 6.28. The van der Waals surface area contributed by atoms with Crippen LogP contribution in [-0.4, -0.2) is 30.5 Å². The lowest BCUT2D eigenvalue weighted by Crippen LogP contribution is -2.31. The molecule has 0 aliphatic heterocycles. The smallest absolute Gasteiger partial charge is 0.323 e. The molecule has 0 atom stereocenters. The first-order chi connectivity index (χ1) is 14.6. The van der Waals surface area contributed by atoms with Crippen molar-refractivity contribution in [1.82, 2.24) is 24.6 Å². The minimum absolute atomic E-state index is 0.0727. The Morgan fingerprint density at radius 2 is 1.94 bits per heavy atom. The number of benzene rings is 1. The fourth-order valence-electron chi connectivity index (χ4n) is 3.25. The number of hydrogen-bond donors (Lipinski definition) is 1. The summed E-state index contributed by atoms with van der Waals surface area (Å²) in [6.45, 7) is 3.11. The highest BCUT2D eigenvalue weighted by atomic mass is 19.4. The number of pyridine rings is 1. The summed E-state index contributed by atoms with van der Waals surface area (Å²) in [4.78, 5) is 25.3. The number of fused-ring (bicyclic) bond motifs is 2. The van der Waals surface area contributed by atoms with E-state index in [0.29, 0.717) is 11.4 Å². The molecule has 1 aromatic carbocycles. The number of amides is 1. The van der Waals surface area contributed by atoms with Gasteiger partial charge in [0, 0.05) is 5.39 Å². The van der Waals surface area contributed by atoms with Crippen LogP contribution in [0.2, 0.25) is 0 Å². The molecular weight excluding hydrogens is 413 g/mol. The van der Waals surface area contributed by atoms with Crippen molar-refractivity contribution in [2.45, 2.75) is 32.5 Å². The average molecular weight is 430 g/mol. The lowest BCUT2D eigenvalue weighted by molar-refractivity contribution is -0.137. The number of carbonyl (C=O) groups is 1. The third-order valence-electron chi connectivity index (χ3n) is 4.74. The van der Waals surface area contributed by atoms with Crippen LogP contribution in [0.3, 0.4) is 0 Å². The second-order valence-electron chi connectivity index (χ2n) is 7.33. The highest BCUT2D eigenvalue weighted by Crippen LogP contribution is 2.32. The first kappa shape index (κ1) is 20.5. The van der Waals surface area contributed by atoms with E-state index in [4.69, 9.17) is 0 Å². The number of nitrogens with one attached hydrogen (secondary N) is 1. The molecule has 160 valence electrons. The first-order valence-corrected chi connectivity index (χ1v) is 9.35. The fourth-order valence-corrected chi connectivity index (χ4v) is 3.25. The van der Waals surface area contributed by atoms with Crippen molar-refractivity contribution in [2.24, 2.45) is 0 Å². The van der Waals surface area contributed by atoms with Crippen LogP contribution in [0.25, 0.3) is 16.3 Å². The molecular formula is C20H17F3N6O2. The molecule has 0 unspecified atom stereocenters. The van der Waals surface area contributed by atoms with E-state index < -0.39 is 29.8 Å². The van der Waals surface area contributed by atoms with E-state index in [1.165, 1.54) is 4.52 Å². The minimum atomic E-state index is -4.54. The van der Waals surface area contributed by atoms with Crippen molar-refractivity contribution < 1.29 is 18.0 Å². The fraction of sp³-hybridized carbons (Fsp3) is 0.250. The zero-order valence-electron chi connectivity index (χ0n) is 16.5. The quantitative estimate of drug-likeness (QED) is 0.537. The second kappa shape index (κ2) is 7.49. The van der Waals surface area contributed by atoms with Crippen molar-refractivity contribution in [1.29, 1.82) is 0 Å². The molecule has 4 aromatic rings. The Kier molecular flexibility index (Phi) is 4.96. The lowest BCUT2D eigenvalue weighted by Gasteiger charge is -2.15. The Labute approximate surface area is 173 Å². The van der Waals surface area contributed by atoms with Gasteiger partial charge in [0.15, 0.2) is 0 Å². The zero-order chi connectivity index (χ0) is 22.3. The molecule has 1 N–H and O–H groups in total. The summed E-state index contributed by atoms with van der Waals surface area (Å²) in [5.41, 5.74) is -0.0180. The maximum atomic E-state index is 13.1. The molecule has 0 saturated carbocycles. The van der Waals surface area contributed by atoms with Crippen LogP contribution in [-0.2, 0) is 17.5 Å². The van der Waals surface area contributed by atoms with Crippen molar-refractivity contribution in [3.8, 4) is 0 Å². The maximum absolute atomic E-state index is 13.1. The molecule has 4 rings (SSSR count). The van der Waals surface area contributed by atoms with Crippen LogP contribution in [0.15, 0.2) is 47.5 Å². The Morgan fingerprint density at radius 1 is 1.16 bits per heavy atom.